The summed E-state index contributed by atoms with van der Waals surface area (Å²) in [6.07, 6.45) is 7.31. The van der Waals surface area contributed by atoms with Crippen molar-refractivity contribution in [2.75, 3.05) is 13.1 Å². The minimum atomic E-state index is -0.504. The Morgan fingerprint density at radius 2 is 1.34 bits per heavy atom. The third-order valence-electron chi connectivity index (χ3n) is 8.53. The van der Waals surface area contributed by atoms with E-state index in [1.54, 1.807) is 0 Å². The molecule has 6 heteroatoms. The van der Waals surface area contributed by atoms with Gasteiger partial charge in [-0.25, -0.2) is 4.79 Å². The molecule has 0 bridgehead atoms. The molecule has 2 aliphatic heterocycles. The van der Waals surface area contributed by atoms with Gasteiger partial charge in [0, 0.05) is 47.0 Å². The van der Waals surface area contributed by atoms with E-state index in [1.165, 1.54) is 21.9 Å². The maximum Gasteiger partial charge on any atom is 0.408 e. The predicted molar refractivity (Wildman–Crippen MR) is 140 cm³/mol. The molecule has 2 aromatic carbocycles. The lowest BCUT2D eigenvalue weighted by Gasteiger charge is -2.47. The van der Waals surface area contributed by atoms with Crippen LogP contribution in [0.25, 0.3) is 21.8 Å². The smallest absolute Gasteiger partial charge is 0.408 e. The summed E-state index contributed by atoms with van der Waals surface area (Å²) in [7, 11) is 0. The Balaban J connectivity index is 1.40. The molecular formula is C29H34N4O2. The minimum absolute atomic E-state index is 0.245. The second kappa shape index (κ2) is 8.45. The lowest BCUT2D eigenvalue weighted by atomic mass is 9.65. The van der Waals surface area contributed by atoms with Gasteiger partial charge in [0.25, 0.3) is 0 Å². The molecule has 6 nitrogen and oxygen atoms in total. The SMILES string of the molecule is CC(CC1(CC(C)c2c[nH]c3ccccc23)NC(=O)OC12CCNCC2)c1c[nH]c2ccccc12. The van der Waals surface area contributed by atoms with Crippen LogP contribution in [0.2, 0.25) is 0 Å². The van der Waals surface area contributed by atoms with Gasteiger partial charge in [-0.1, -0.05) is 50.2 Å². The number of carbonyl (C=O) groups excluding carboxylic acids is 1. The second-order valence-corrected chi connectivity index (χ2v) is 10.6. The van der Waals surface area contributed by atoms with Gasteiger partial charge in [0.15, 0.2) is 0 Å². The third kappa shape index (κ3) is 3.62. The first-order valence-electron chi connectivity index (χ1n) is 12.8. The highest BCUT2D eigenvalue weighted by Crippen LogP contribution is 2.50. The van der Waals surface area contributed by atoms with Crippen LogP contribution in [0.1, 0.15) is 62.5 Å². The van der Waals surface area contributed by atoms with Crippen molar-refractivity contribution in [3.05, 3.63) is 72.1 Å². The van der Waals surface area contributed by atoms with Gasteiger partial charge in [0.1, 0.15) is 5.60 Å². The summed E-state index contributed by atoms with van der Waals surface area (Å²) in [5.41, 5.74) is 3.94. The monoisotopic (exact) mass is 470 g/mol. The maximum atomic E-state index is 12.9. The number of rotatable bonds is 6. The average molecular weight is 471 g/mol. The molecule has 2 aliphatic rings. The third-order valence-corrected chi connectivity index (χ3v) is 8.53. The highest BCUT2D eigenvalue weighted by molar-refractivity contribution is 5.84. The number of alkyl carbamates (subject to hydrolysis) is 1. The molecule has 1 spiro atoms. The van der Waals surface area contributed by atoms with Crippen LogP contribution >= 0.6 is 0 Å². The molecule has 2 atom stereocenters. The normalized spacial score (nSPS) is 23.4. The van der Waals surface area contributed by atoms with Crippen molar-refractivity contribution < 1.29 is 9.53 Å². The molecule has 2 unspecified atom stereocenters. The van der Waals surface area contributed by atoms with E-state index in [2.05, 4.69) is 95.4 Å². The highest BCUT2D eigenvalue weighted by atomic mass is 16.6. The summed E-state index contributed by atoms with van der Waals surface area (Å²) in [5.74, 6) is 0.491. The van der Waals surface area contributed by atoms with Gasteiger partial charge in [0.2, 0.25) is 0 Å². The van der Waals surface area contributed by atoms with Crippen molar-refractivity contribution in [3.8, 4) is 0 Å². The number of piperidine rings is 1. The van der Waals surface area contributed by atoms with Gasteiger partial charge >= 0.3 is 6.09 Å². The standard InChI is InChI=1S/C29H34N4O2/c1-19(23-17-31-25-9-5-3-7-21(23)25)15-28(29(35-27(34)33-28)11-13-30-14-12-29)16-20(2)24-18-32-26-10-6-4-8-22(24)26/h3-10,17-20,30-32H,11-16H2,1-2H3,(H,33,34). The molecule has 0 aliphatic carbocycles. The molecule has 2 fully saturated rings. The number of ether oxygens (including phenoxy) is 1. The van der Waals surface area contributed by atoms with Crippen LogP contribution in [0.5, 0.6) is 0 Å². The Bertz CT molecular complexity index is 1280. The van der Waals surface area contributed by atoms with Gasteiger partial charge in [-0.2, -0.15) is 0 Å². The molecule has 0 radical (unpaired) electrons. The Morgan fingerprint density at radius 1 is 0.829 bits per heavy atom. The van der Waals surface area contributed by atoms with E-state index in [0.717, 1.165) is 49.8 Å². The van der Waals surface area contributed by atoms with Gasteiger partial charge in [-0.05, 0) is 61.0 Å². The van der Waals surface area contributed by atoms with E-state index in [9.17, 15) is 4.79 Å². The summed E-state index contributed by atoms with van der Waals surface area (Å²) in [5, 5.41) is 9.38. The molecule has 2 saturated heterocycles. The van der Waals surface area contributed by atoms with Crippen molar-refractivity contribution in [2.24, 2.45) is 0 Å². The number of amides is 1. The van der Waals surface area contributed by atoms with Crippen molar-refractivity contribution in [3.63, 3.8) is 0 Å². The fourth-order valence-electron chi connectivity index (χ4n) is 6.85. The van der Waals surface area contributed by atoms with Crippen LogP contribution in [0.3, 0.4) is 0 Å². The van der Waals surface area contributed by atoms with Crippen LogP contribution in [0, 0.1) is 0 Å². The number of fused-ring (bicyclic) bond motifs is 2. The zero-order valence-electron chi connectivity index (χ0n) is 20.5. The minimum Gasteiger partial charge on any atom is -0.440 e. The molecular weight excluding hydrogens is 436 g/mol. The number of aromatic nitrogens is 2. The molecule has 2 aromatic heterocycles. The largest absolute Gasteiger partial charge is 0.440 e. The van der Waals surface area contributed by atoms with Gasteiger partial charge in [-0.15, -0.1) is 0 Å². The Morgan fingerprint density at radius 3 is 1.89 bits per heavy atom. The first-order valence-corrected chi connectivity index (χ1v) is 12.8. The number of benzene rings is 2. The molecule has 0 saturated carbocycles. The molecule has 4 aromatic rings. The number of hydrogen-bond donors (Lipinski definition) is 4. The summed E-state index contributed by atoms with van der Waals surface area (Å²) in [6, 6.07) is 16.9. The lowest BCUT2D eigenvalue weighted by molar-refractivity contribution is -0.0360. The van der Waals surface area contributed by atoms with E-state index in [1.807, 2.05) is 0 Å². The van der Waals surface area contributed by atoms with Crippen molar-refractivity contribution >= 4 is 27.9 Å². The predicted octanol–water partition coefficient (Wildman–Crippen LogP) is 5.94. The fraction of sp³-hybridized carbons (Fsp3) is 0.414. The zero-order valence-corrected chi connectivity index (χ0v) is 20.5. The van der Waals surface area contributed by atoms with Gasteiger partial charge in [0.05, 0.1) is 5.54 Å². The van der Waals surface area contributed by atoms with E-state index in [4.69, 9.17) is 4.74 Å². The fourth-order valence-corrected chi connectivity index (χ4v) is 6.85. The summed E-state index contributed by atoms with van der Waals surface area (Å²) >= 11 is 0. The van der Waals surface area contributed by atoms with E-state index < -0.39 is 11.1 Å². The van der Waals surface area contributed by atoms with Crippen LogP contribution in [0.15, 0.2) is 60.9 Å². The van der Waals surface area contributed by atoms with E-state index in [-0.39, 0.29) is 17.9 Å². The van der Waals surface area contributed by atoms with Crippen LogP contribution in [-0.2, 0) is 4.74 Å². The van der Waals surface area contributed by atoms with Gasteiger partial charge in [-0.3, -0.25) is 0 Å². The summed E-state index contributed by atoms with van der Waals surface area (Å²) < 4.78 is 6.21. The van der Waals surface area contributed by atoms with Crippen molar-refractivity contribution in [2.45, 2.75) is 62.5 Å². The Kier molecular flexibility index (Phi) is 5.37. The molecule has 1 amide bonds. The quantitative estimate of drug-likeness (QED) is 0.282. The van der Waals surface area contributed by atoms with E-state index >= 15 is 0 Å². The molecule has 6 rings (SSSR count). The summed E-state index contributed by atoms with van der Waals surface area (Å²) in [6.45, 7) is 6.29. The van der Waals surface area contributed by atoms with E-state index in [0.29, 0.717) is 0 Å². The Hall–Kier alpha value is -3.25. The second-order valence-electron chi connectivity index (χ2n) is 10.6. The number of hydrogen-bond acceptors (Lipinski definition) is 3. The van der Waals surface area contributed by atoms with Crippen molar-refractivity contribution in [1.82, 2.24) is 20.6 Å². The summed E-state index contributed by atoms with van der Waals surface area (Å²) in [4.78, 5) is 19.8. The molecule has 35 heavy (non-hydrogen) atoms. The topological polar surface area (TPSA) is 81.9 Å². The number of para-hydroxylation sites is 2. The molecule has 4 heterocycles. The number of nitrogens with one attached hydrogen (secondary N) is 4. The maximum absolute atomic E-state index is 12.9. The molecule has 4 N–H and O–H groups in total. The first kappa shape index (κ1) is 22.2. The highest BCUT2D eigenvalue weighted by Gasteiger charge is 2.61. The average Bonchev–Trinajstić information content (AvgIpc) is 3.54. The zero-order chi connectivity index (χ0) is 24.0. The number of aromatic amines is 2. The van der Waals surface area contributed by atoms with Crippen LogP contribution in [-0.4, -0.2) is 40.3 Å². The molecule has 182 valence electrons. The lowest BCUT2D eigenvalue weighted by Crippen LogP contribution is -2.61. The number of carbonyl (C=O) groups is 1. The van der Waals surface area contributed by atoms with Gasteiger partial charge < -0.3 is 25.3 Å². The van der Waals surface area contributed by atoms with Crippen LogP contribution in [0.4, 0.5) is 4.79 Å². The first-order chi connectivity index (χ1) is 17.0. The number of H-pyrrole nitrogens is 2. The van der Waals surface area contributed by atoms with Crippen LogP contribution < -0.4 is 10.6 Å². The van der Waals surface area contributed by atoms with Crippen molar-refractivity contribution in [1.29, 1.82) is 0 Å². The Labute approximate surface area is 205 Å².